The van der Waals surface area contributed by atoms with Crippen LogP contribution in [-0.4, -0.2) is 60.8 Å². The van der Waals surface area contributed by atoms with E-state index < -0.39 is 0 Å². The maximum absolute atomic E-state index is 9.45. The van der Waals surface area contributed by atoms with Crippen molar-refractivity contribution in [3.05, 3.63) is 0 Å². The van der Waals surface area contributed by atoms with Gasteiger partial charge in [-0.15, -0.1) is 0 Å². The molecule has 0 aliphatic carbocycles. The highest BCUT2D eigenvalue weighted by atomic mass is 16.3. The predicted octanol–water partition coefficient (Wildman–Crippen LogP) is 0.00470. The third-order valence-electron chi connectivity index (χ3n) is 3.27. The van der Waals surface area contributed by atoms with E-state index in [-0.39, 0.29) is 6.10 Å². The van der Waals surface area contributed by atoms with Crippen LogP contribution in [0.2, 0.25) is 0 Å². The van der Waals surface area contributed by atoms with Gasteiger partial charge in [0.25, 0.3) is 0 Å². The summed E-state index contributed by atoms with van der Waals surface area (Å²) < 4.78 is 0. The van der Waals surface area contributed by atoms with E-state index in [1.165, 1.54) is 26.2 Å². The Hall–Kier alpha value is -0.120. The molecular formula is C10H20N2O. The zero-order valence-electron chi connectivity index (χ0n) is 8.66. The molecule has 0 amide bonds. The minimum atomic E-state index is -0.116. The zero-order chi connectivity index (χ0) is 9.47. The van der Waals surface area contributed by atoms with Gasteiger partial charge in [0.1, 0.15) is 0 Å². The van der Waals surface area contributed by atoms with Crippen LogP contribution in [-0.2, 0) is 0 Å². The van der Waals surface area contributed by atoms with Gasteiger partial charge in [-0.05, 0) is 13.5 Å². The summed E-state index contributed by atoms with van der Waals surface area (Å²) in [6.07, 6.45) is 0.763. The maximum Gasteiger partial charge on any atom is 0.0664 e. The Balaban J connectivity index is 1.67. The van der Waals surface area contributed by atoms with Gasteiger partial charge in [0, 0.05) is 38.1 Å². The predicted molar refractivity (Wildman–Crippen MR) is 52.7 cm³/mol. The summed E-state index contributed by atoms with van der Waals surface area (Å²) in [6, 6.07) is 0. The van der Waals surface area contributed by atoms with Gasteiger partial charge in [0.15, 0.2) is 0 Å². The minimum absolute atomic E-state index is 0.116. The van der Waals surface area contributed by atoms with Crippen molar-refractivity contribution in [1.29, 1.82) is 0 Å². The third-order valence-corrected chi connectivity index (χ3v) is 3.27. The molecule has 0 saturated carbocycles. The number of hydrogen-bond donors (Lipinski definition) is 1. The molecule has 1 N–H and O–H groups in total. The molecule has 0 radical (unpaired) electrons. The lowest BCUT2D eigenvalue weighted by Crippen LogP contribution is -2.71. The van der Waals surface area contributed by atoms with Crippen molar-refractivity contribution >= 4 is 0 Å². The molecule has 2 saturated heterocycles. The van der Waals surface area contributed by atoms with Crippen molar-refractivity contribution < 1.29 is 5.11 Å². The fraction of sp³-hybridized carbons (Fsp3) is 1.00. The lowest BCUT2D eigenvalue weighted by atomic mass is 9.73. The second kappa shape index (κ2) is 3.23. The Bertz CT molecular complexity index is 181. The first-order valence-corrected chi connectivity index (χ1v) is 5.22. The van der Waals surface area contributed by atoms with Crippen molar-refractivity contribution in [3.63, 3.8) is 0 Å². The summed E-state index contributed by atoms with van der Waals surface area (Å²) >= 11 is 0. The summed E-state index contributed by atoms with van der Waals surface area (Å²) in [5.41, 5.74) is 0.613. The van der Waals surface area contributed by atoms with Crippen molar-refractivity contribution in [1.82, 2.24) is 9.80 Å². The number of aliphatic hydroxyl groups excluding tert-OH is 1. The largest absolute Gasteiger partial charge is 0.392 e. The monoisotopic (exact) mass is 184 g/mol. The second-order valence-corrected chi connectivity index (χ2v) is 4.90. The quantitative estimate of drug-likeness (QED) is 0.669. The molecule has 2 heterocycles. The zero-order valence-corrected chi connectivity index (χ0v) is 8.66. The van der Waals surface area contributed by atoms with Crippen molar-refractivity contribution in [2.24, 2.45) is 5.41 Å². The Morgan fingerprint density at radius 3 is 2.38 bits per heavy atom. The first-order valence-electron chi connectivity index (χ1n) is 5.22. The Morgan fingerprint density at radius 2 is 1.92 bits per heavy atom. The van der Waals surface area contributed by atoms with Crippen LogP contribution in [0.25, 0.3) is 0 Å². The molecule has 13 heavy (non-hydrogen) atoms. The molecule has 1 atom stereocenters. The summed E-state index contributed by atoms with van der Waals surface area (Å²) in [7, 11) is 2.18. The molecule has 76 valence electrons. The second-order valence-electron chi connectivity index (χ2n) is 4.90. The molecule has 2 aliphatic rings. The van der Waals surface area contributed by atoms with E-state index in [1.54, 1.807) is 0 Å². The Labute approximate surface area is 80.3 Å². The van der Waals surface area contributed by atoms with Gasteiger partial charge in [-0.3, -0.25) is 4.90 Å². The highest BCUT2D eigenvalue weighted by Gasteiger charge is 2.50. The van der Waals surface area contributed by atoms with E-state index in [0.29, 0.717) is 5.41 Å². The molecule has 0 aromatic rings. The van der Waals surface area contributed by atoms with Crippen LogP contribution < -0.4 is 0 Å². The summed E-state index contributed by atoms with van der Waals surface area (Å²) in [4.78, 5) is 4.74. The van der Waals surface area contributed by atoms with Crippen LogP contribution in [0, 0.1) is 5.41 Å². The number of aliphatic hydroxyl groups is 1. The molecule has 0 aromatic heterocycles. The number of likely N-dealkylation sites (tertiary alicyclic amines) is 2. The normalized spacial score (nSPS) is 29.8. The van der Waals surface area contributed by atoms with Crippen molar-refractivity contribution in [2.45, 2.75) is 19.4 Å². The van der Waals surface area contributed by atoms with Crippen LogP contribution in [0.15, 0.2) is 0 Å². The highest BCUT2D eigenvalue weighted by Crippen LogP contribution is 2.38. The summed E-state index contributed by atoms with van der Waals surface area (Å²) in [6.45, 7) is 7.83. The number of β-amino-alcohol motifs (C(OH)–C–C–N with tert-alkyl or cyclic N) is 1. The van der Waals surface area contributed by atoms with Crippen LogP contribution in [0.3, 0.4) is 0 Å². The highest BCUT2D eigenvalue weighted by molar-refractivity contribution is 5.04. The molecule has 3 heteroatoms. The average Bonchev–Trinajstić information content (AvgIpc) is 1.97. The van der Waals surface area contributed by atoms with Crippen molar-refractivity contribution in [3.8, 4) is 0 Å². The smallest absolute Gasteiger partial charge is 0.0664 e. The number of hydrogen-bond acceptors (Lipinski definition) is 3. The number of nitrogens with zero attached hydrogens (tertiary/aromatic N) is 2. The van der Waals surface area contributed by atoms with Crippen molar-refractivity contribution in [2.75, 3.05) is 39.8 Å². The molecule has 2 rings (SSSR count). The van der Waals surface area contributed by atoms with Gasteiger partial charge in [0.05, 0.1) is 6.10 Å². The number of rotatable bonds is 3. The van der Waals surface area contributed by atoms with Gasteiger partial charge < -0.3 is 10.0 Å². The molecule has 3 nitrogen and oxygen atoms in total. The fourth-order valence-electron chi connectivity index (χ4n) is 2.76. The van der Waals surface area contributed by atoms with Gasteiger partial charge in [-0.25, -0.2) is 0 Å². The minimum Gasteiger partial charge on any atom is -0.392 e. The molecular weight excluding hydrogens is 164 g/mol. The standard InChI is InChI=1S/C10H20N2O/c1-3-9(13)4-12-7-10(8-12)5-11(2)6-10/h9,13H,3-8H2,1-2H3. The van der Waals surface area contributed by atoms with E-state index in [1.807, 2.05) is 6.92 Å². The fourth-order valence-corrected chi connectivity index (χ4v) is 2.76. The molecule has 1 unspecified atom stereocenters. The van der Waals surface area contributed by atoms with Gasteiger partial charge in [-0.1, -0.05) is 6.92 Å². The van der Waals surface area contributed by atoms with Crippen LogP contribution >= 0.6 is 0 Å². The molecule has 0 aromatic carbocycles. The molecule has 2 fully saturated rings. The SMILES string of the molecule is CCC(O)CN1CC2(CN(C)C2)C1. The molecule has 0 bridgehead atoms. The van der Waals surface area contributed by atoms with E-state index in [9.17, 15) is 5.11 Å². The van der Waals surface area contributed by atoms with Gasteiger partial charge in [0.2, 0.25) is 0 Å². The third kappa shape index (κ3) is 1.73. The lowest BCUT2D eigenvalue weighted by Gasteiger charge is -2.60. The van der Waals surface area contributed by atoms with Crippen LogP contribution in [0.5, 0.6) is 0 Å². The lowest BCUT2D eigenvalue weighted by molar-refractivity contribution is -0.114. The van der Waals surface area contributed by atoms with E-state index in [4.69, 9.17) is 0 Å². The van der Waals surface area contributed by atoms with E-state index in [0.717, 1.165) is 13.0 Å². The summed E-state index contributed by atoms with van der Waals surface area (Å²) in [5, 5.41) is 9.45. The van der Waals surface area contributed by atoms with Gasteiger partial charge >= 0.3 is 0 Å². The van der Waals surface area contributed by atoms with Crippen LogP contribution in [0.1, 0.15) is 13.3 Å². The maximum atomic E-state index is 9.45. The summed E-state index contributed by atoms with van der Waals surface area (Å²) in [5.74, 6) is 0. The molecule has 2 aliphatic heterocycles. The van der Waals surface area contributed by atoms with Gasteiger partial charge in [-0.2, -0.15) is 0 Å². The van der Waals surface area contributed by atoms with E-state index >= 15 is 0 Å². The first-order chi connectivity index (χ1) is 6.13. The Kier molecular flexibility index (Phi) is 2.34. The molecule has 1 spiro atoms. The first kappa shape index (κ1) is 9.44. The topological polar surface area (TPSA) is 26.7 Å². The van der Waals surface area contributed by atoms with E-state index in [2.05, 4.69) is 16.8 Å². The van der Waals surface area contributed by atoms with Crippen LogP contribution in [0.4, 0.5) is 0 Å². The Morgan fingerprint density at radius 1 is 1.31 bits per heavy atom. The average molecular weight is 184 g/mol.